The van der Waals surface area contributed by atoms with E-state index in [4.69, 9.17) is 4.74 Å². The van der Waals surface area contributed by atoms with E-state index in [0.717, 1.165) is 57.3 Å². The van der Waals surface area contributed by atoms with Crippen LogP contribution in [0, 0.1) is 23.2 Å². The highest BCUT2D eigenvalue weighted by Crippen LogP contribution is 2.60. The Bertz CT molecular complexity index is 813. The first kappa shape index (κ1) is 29.2. The SMILES string of the molecule is C=C1CC[C@H](OC(=O)CCCCC)CC1=CC=C1CCC[C@@]2(C)[C@@H]1CC[C@@H]2[C@H](C)CCCC(C)(C)O. The van der Waals surface area contributed by atoms with Crippen molar-refractivity contribution in [3.05, 3.63) is 35.5 Å². The minimum absolute atomic E-state index is 0.00603. The number of aliphatic hydroxyl groups is 1. The van der Waals surface area contributed by atoms with Crippen molar-refractivity contribution in [2.45, 2.75) is 143 Å². The van der Waals surface area contributed by atoms with Crippen molar-refractivity contribution in [2.24, 2.45) is 23.2 Å². The summed E-state index contributed by atoms with van der Waals surface area (Å²) in [5, 5.41) is 10.1. The first-order valence-corrected chi connectivity index (χ1v) is 15.0. The molecule has 0 heterocycles. The van der Waals surface area contributed by atoms with Gasteiger partial charge in [0.15, 0.2) is 0 Å². The van der Waals surface area contributed by atoms with Crippen LogP contribution in [0.1, 0.15) is 131 Å². The Labute approximate surface area is 221 Å². The summed E-state index contributed by atoms with van der Waals surface area (Å²) in [5.74, 6) is 2.15. The minimum atomic E-state index is -0.550. The van der Waals surface area contributed by atoms with Gasteiger partial charge >= 0.3 is 5.97 Å². The number of ether oxygens (including phenoxy) is 1. The van der Waals surface area contributed by atoms with Gasteiger partial charge in [0.25, 0.3) is 0 Å². The van der Waals surface area contributed by atoms with Crippen molar-refractivity contribution < 1.29 is 14.6 Å². The van der Waals surface area contributed by atoms with Gasteiger partial charge in [-0.05, 0) is 100 Å². The molecule has 0 bridgehead atoms. The van der Waals surface area contributed by atoms with Crippen LogP contribution in [-0.2, 0) is 9.53 Å². The maximum atomic E-state index is 12.3. The summed E-state index contributed by atoms with van der Waals surface area (Å²) < 4.78 is 5.83. The van der Waals surface area contributed by atoms with Crippen molar-refractivity contribution in [1.82, 2.24) is 0 Å². The number of carbonyl (C=O) groups excluding carboxylic acids is 1. The Balaban J connectivity index is 1.62. The molecule has 0 unspecified atom stereocenters. The highest BCUT2D eigenvalue weighted by atomic mass is 16.5. The molecule has 3 heteroatoms. The summed E-state index contributed by atoms with van der Waals surface area (Å²) in [6, 6.07) is 0. The van der Waals surface area contributed by atoms with Crippen LogP contribution in [0.4, 0.5) is 0 Å². The molecule has 36 heavy (non-hydrogen) atoms. The molecule has 3 fully saturated rings. The normalized spacial score (nSPS) is 32.1. The van der Waals surface area contributed by atoms with Crippen LogP contribution in [0.25, 0.3) is 0 Å². The zero-order valence-electron chi connectivity index (χ0n) is 24.0. The second-order valence-corrected chi connectivity index (χ2v) is 13.1. The largest absolute Gasteiger partial charge is 0.462 e. The highest BCUT2D eigenvalue weighted by Gasteiger charge is 2.50. The molecule has 204 valence electrons. The van der Waals surface area contributed by atoms with Crippen LogP contribution >= 0.6 is 0 Å². The van der Waals surface area contributed by atoms with Gasteiger partial charge in [0.1, 0.15) is 6.10 Å². The molecule has 0 aromatic carbocycles. The third-order valence-electron chi connectivity index (χ3n) is 9.62. The summed E-state index contributed by atoms with van der Waals surface area (Å²) in [4.78, 5) is 12.3. The molecule has 0 aromatic rings. The van der Waals surface area contributed by atoms with Crippen molar-refractivity contribution in [1.29, 1.82) is 0 Å². The molecule has 0 amide bonds. The van der Waals surface area contributed by atoms with Crippen molar-refractivity contribution in [3.63, 3.8) is 0 Å². The number of rotatable bonds is 11. The quantitative estimate of drug-likeness (QED) is 0.228. The summed E-state index contributed by atoms with van der Waals surface area (Å²) >= 11 is 0. The monoisotopic (exact) mass is 498 g/mol. The molecule has 3 aliphatic carbocycles. The zero-order chi connectivity index (χ0) is 26.3. The lowest BCUT2D eigenvalue weighted by molar-refractivity contribution is -0.149. The number of hydrogen-bond acceptors (Lipinski definition) is 3. The van der Waals surface area contributed by atoms with E-state index in [2.05, 4.69) is 39.5 Å². The van der Waals surface area contributed by atoms with Gasteiger partial charge in [-0.2, -0.15) is 0 Å². The first-order chi connectivity index (χ1) is 17.0. The number of esters is 1. The molecule has 3 saturated carbocycles. The summed E-state index contributed by atoms with van der Waals surface area (Å²) in [6.45, 7) is 15.4. The van der Waals surface area contributed by atoms with Crippen LogP contribution in [0.3, 0.4) is 0 Å². The Morgan fingerprint density at radius 3 is 2.69 bits per heavy atom. The molecule has 0 radical (unpaired) electrons. The van der Waals surface area contributed by atoms with Gasteiger partial charge in [-0.1, -0.05) is 76.3 Å². The summed E-state index contributed by atoms with van der Waals surface area (Å²) in [7, 11) is 0. The lowest BCUT2D eigenvalue weighted by atomic mass is 9.60. The lowest BCUT2D eigenvalue weighted by Crippen LogP contribution is -2.36. The van der Waals surface area contributed by atoms with Gasteiger partial charge < -0.3 is 9.84 Å². The molecule has 3 nitrogen and oxygen atoms in total. The fourth-order valence-corrected chi connectivity index (χ4v) is 7.52. The second-order valence-electron chi connectivity index (χ2n) is 13.1. The zero-order valence-corrected chi connectivity index (χ0v) is 24.0. The molecule has 5 atom stereocenters. The van der Waals surface area contributed by atoms with Gasteiger partial charge in [-0.25, -0.2) is 0 Å². The second kappa shape index (κ2) is 12.9. The van der Waals surface area contributed by atoms with Crippen molar-refractivity contribution in [2.75, 3.05) is 0 Å². The van der Waals surface area contributed by atoms with E-state index in [-0.39, 0.29) is 12.1 Å². The number of fused-ring (bicyclic) bond motifs is 1. The van der Waals surface area contributed by atoms with Gasteiger partial charge in [0, 0.05) is 12.8 Å². The fourth-order valence-electron chi connectivity index (χ4n) is 7.52. The molecule has 0 aromatic heterocycles. The molecule has 0 aliphatic heterocycles. The predicted molar refractivity (Wildman–Crippen MR) is 151 cm³/mol. The summed E-state index contributed by atoms with van der Waals surface area (Å²) in [5.41, 5.74) is 3.98. The Hall–Kier alpha value is -1.35. The topological polar surface area (TPSA) is 46.5 Å². The number of allylic oxidation sites excluding steroid dienone is 4. The Morgan fingerprint density at radius 1 is 1.19 bits per heavy atom. The van der Waals surface area contributed by atoms with Crippen LogP contribution in [0.5, 0.6) is 0 Å². The van der Waals surface area contributed by atoms with Crippen LogP contribution in [-0.4, -0.2) is 22.8 Å². The van der Waals surface area contributed by atoms with Gasteiger partial charge in [-0.3, -0.25) is 4.79 Å². The van der Waals surface area contributed by atoms with Crippen molar-refractivity contribution >= 4 is 5.97 Å². The number of carbonyl (C=O) groups is 1. The molecule has 1 N–H and O–H groups in total. The maximum absolute atomic E-state index is 12.3. The number of hydrogen-bond donors (Lipinski definition) is 1. The molecule has 3 rings (SSSR count). The molecule has 3 aliphatic rings. The smallest absolute Gasteiger partial charge is 0.306 e. The first-order valence-electron chi connectivity index (χ1n) is 15.0. The van der Waals surface area contributed by atoms with Gasteiger partial charge in [0.2, 0.25) is 0 Å². The van der Waals surface area contributed by atoms with E-state index in [1.54, 1.807) is 5.57 Å². The molecule has 0 spiro atoms. The molecule has 0 saturated heterocycles. The Morgan fingerprint density at radius 2 is 1.97 bits per heavy atom. The van der Waals surface area contributed by atoms with E-state index in [1.807, 2.05) is 13.8 Å². The van der Waals surface area contributed by atoms with Gasteiger partial charge in [-0.15, -0.1) is 0 Å². The van der Waals surface area contributed by atoms with Gasteiger partial charge in [0.05, 0.1) is 5.60 Å². The number of unbranched alkanes of at least 4 members (excludes halogenated alkanes) is 2. The van der Waals surface area contributed by atoms with Crippen LogP contribution in [0.15, 0.2) is 35.5 Å². The molecular weight excluding hydrogens is 444 g/mol. The third kappa shape index (κ3) is 7.83. The fraction of sp³-hybridized carbons (Fsp3) is 0.788. The highest BCUT2D eigenvalue weighted by molar-refractivity contribution is 5.69. The van der Waals surface area contributed by atoms with Crippen LogP contribution < -0.4 is 0 Å². The third-order valence-corrected chi connectivity index (χ3v) is 9.62. The van der Waals surface area contributed by atoms with E-state index in [0.29, 0.717) is 23.7 Å². The van der Waals surface area contributed by atoms with Crippen molar-refractivity contribution in [3.8, 4) is 0 Å². The van der Waals surface area contributed by atoms with E-state index < -0.39 is 5.60 Å². The summed E-state index contributed by atoms with van der Waals surface area (Å²) in [6.07, 6.45) is 20.8. The maximum Gasteiger partial charge on any atom is 0.306 e. The lowest BCUT2D eigenvalue weighted by Gasteiger charge is -2.44. The standard InChI is InChI=1S/C33H54O3/c1-7-8-9-14-31(34)36-28-18-15-24(2)27(23-28)17-16-26-13-11-22-33(6)29(19-20-30(26)33)25(3)12-10-21-32(4,5)35/h16-17,25,28-30,35H,2,7-15,18-23H2,1,3-6H3/t25-,28+,29-,30-,33-/m1/s1. The predicted octanol–water partition coefficient (Wildman–Crippen LogP) is 8.87. The molecular formula is C33H54O3. The van der Waals surface area contributed by atoms with Crippen LogP contribution in [0.2, 0.25) is 0 Å². The minimum Gasteiger partial charge on any atom is -0.462 e. The average molecular weight is 499 g/mol. The average Bonchev–Trinajstić information content (AvgIpc) is 3.16. The Kier molecular flexibility index (Phi) is 10.5. The van der Waals surface area contributed by atoms with E-state index >= 15 is 0 Å². The van der Waals surface area contributed by atoms with E-state index in [1.165, 1.54) is 49.7 Å². The van der Waals surface area contributed by atoms with E-state index in [9.17, 15) is 9.90 Å².